The van der Waals surface area contributed by atoms with Crippen molar-refractivity contribution in [3.8, 4) is 0 Å². The number of carbonyl (C=O) groups is 1. The highest BCUT2D eigenvalue weighted by Gasteiger charge is 2.11. The molecule has 1 heterocycles. The van der Waals surface area contributed by atoms with Crippen LogP contribution in [0, 0.1) is 5.92 Å². The largest absolute Gasteiger partial charge is 0.356 e. The first-order valence-electron chi connectivity index (χ1n) is 7.01. The van der Waals surface area contributed by atoms with Crippen LogP contribution in [0.2, 0.25) is 0 Å². The van der Waals surface area contributed by atoms with Crippen LogP contribution in [0.25, 0.3) is 0 Å². The van der Waals surface area contributed by atoms with Gasteiger partial charge in [0.15, 0.2) is 0 Å². The molecular weight excluding hydrogens is 238 g/mol. The average molecular weight is 263 g/mol. The standard InChI is InChI=1S/C15H25N3O/c1-12(4-3-5-13(2)16)15(19)18-11-8-14-6-9-17-10-7-14/h6-7,9-10,12-13H,3-5,8,11,16H2,1-2H3,(H,18,19). The van der Waals surface area contributed by atoms with Crippen LogP contribution in [-0.4, -0.2) is 23.5 Å². The minimum Gasteiger partial charge on any atom is -0.356 e. The van der Waals surface area contributed by atoms with Crippen molar-refractivity contribution in [1.29, 1.82) is 0 Å². The second-order valence-corrected chi connectivity index (χ2v) is 5.21. The van der Waals surface area contributed by atoms with Crippen LogP contribution in [0.3, 0.4) is 0 Å². The van der Waals surface area contributed by atoms with Crippen LogP contribution in [0.5, 0.6) is 0 Å². The normalized spacial score (nSPS) is 13.8. The fraction of sp³-hybridized carbons (Fsp3) is 0.600. The van der Waals surface area contributed by atoms with E-state index in [-0.39, 0.29) is 17.9 Å². The van der Waals surface area contributed by atoms with E-state index in [1.807, 2.05) is 26.0 Å². The summed E-state index contributed by atoms with van der Waals surface area (Å²) in [7, 11) is 0. The highest BCUT2D eigenvalue weighted by molar-refractivity contribution is 5.78. The summed E-state index contributed by atoms with van der Waals surface area (Å²) in [6.07, 6.45) is 7.29. The summed E-state index contributed by atoms with van der Waals surface area (Å²) in [5.74, 6) is 0.204. The number of rotatable bonds is 8. The maximum atomic E-state index is 11.9. The average Bonchev–Trinajstić information content (AvgIpc) is 2.39. The molecule has 19 heavy (non-hydrogen) atoms. The van der Waals surface area contributed by atoms with Crippen LogP contribution < -0.4 is 11.1 Å². The lowest BCUT2D eigenvalue weighted by atomic mass is 10.0. The van der Waals surface area contributed by atoms with E-state index in [2.05, 4.69) is 10.3 Å². The Morgan fingerprint density at radius 3 is 2.63 bits per heavy atom. The van der Waals surface area contributed by atoms with Gasteiger partial charge in [0.25, 0.3) is 0 Å². The van der Waals surface area contributed by atoms with E-state index in [1.54, 1.807) is 12.4 Å². The van der Waals surface area contributed by atoms with Crippen molar-refractivity contribution in [1.82, 2.24) is 10.3 Å². The maximum Gasteiger partial charge on any atom is 0.222 e. The van der Waals surface area contributed by atoms with Gasteiger partial charge < -0.3 is 11.1 Å². The highest BCUT2D eigenvalue weighted by atomic mass is 16.1. The molecule has 2 unspecified atom stereocenters. The Bertz CT molecular complexity index is 365. The van der Waals surface area contributed by atoms with Crippen molar-refractivity contribution < 1.29 is 4.79 Å². The Balaban J connectivity index is 2.16. The molecule has 0 radical (unpaired) electrons. The first-order chi connectivity index (χ1) is 9.09. The molecule has 1 aromatic rings. The molecule has 0 spiro atoms. The van der Waals surface area contributed by atoms with Gasteiger partial charge in [0.2, 0.25) is 5.91 Å². The molecule has 3 N–H and O–H groups in total. The van der Waals surface area contributed by atoms with Gasteiger partial charge in [-0.15, -0.1) is 0 Å². The molecule has 0 aliphatic carbocycles. The first-order valence-corrected chi connectivity index (χ1v) is 7.01. The third-order valence-corrected chi connectivity index (χ3v) is 3.21. The number of pyridine rings is 1. The van der Waals surface area contributed by atoms with Gasteiger partial charge in [-0.05, 0) is 43.9 Å². The molecule has 4 nitrogen and oxygen atoms in total. The summed E-state index contributed by atoms with van der Waals surface area (Å²) in [5, 5.41) is 2.98. The van der Waals surface area contributed by atoms with Crippen molar-refractivity contribution in [2.24, 2.45) is 11.7 Å². The Morgan fingerprint density at radius 1 is 1.32 bits per heavy atom. The lowest BCUT2D eigenvalue weighted by molar-refractivity contribution is -0.124. The number of hydrogen-bond acceptors (Lipinski definition) is 3. The second-order valence-electron chi connectivity index (χ2n) is 5.21. The molecule has 0 saturated carbocycles. The number of nitrogens with two attached hydrogens (primary N) is 1. The molecule has 0 bridgehead atoms. The number of hydrogen-bond donors (Lipinski definition) is 2. The molecule has 0 saturated heterocycles. The van der Waals surface area contributed by atoms with Gasteiger partial charge in [0.1, 0.15) is 0 Å². The summed E-state index contributed by atoms with van der Waals surface area (Å²) in [6, 6.07) is 4.16. The number of nitrogens with zero attached hydrogens (tertiary/aromatic N) is 1. The molecule has 4 heteroatoms. The van der Waals surface area contributed by atoms with Gasteiger partial charge in [-0.1, -0.05) is 13.3 Å². The van der Waals surface area contributed by atoms with Crippen molar-refractivity contribution in [2.75, 3.05) is 6.54 Å². The molecule has 0 aliphatic rings. The molecular formula is C15H25N3O. The van der Waals surface area contributed by atoms with Gasteiger partial charge in [-0.3, -0.25) is 9.78 Å². The second kappa shape index (κ2) is 8.64. The maximum absolute atomic E-state index is 11.9. The molecule has 0 aromatic carbocycles. The van der Waals surface area contributed by atoms with Crippen LogP contribution in [-0.2, 0) is 11.2 Å². The van der Waals surface area contributed by atoms with Crippen molar-refractivity contribution in [3.05, 3.63) is 30.1 Å². The quantitative estimate of drug-likeness (QED) is 0.752. The Labute approximate surface area is 115 Å². The number of aromatic nitrogens is 1. The minimum absolute atomic E-state index is 0.0659. The molecule has 1 amide bonds. The van der Waals surface area contributed by atoms with Gasteiger partial charge in [0, 0.05) is 30.9 Å². The molecule has 2 atom stereocenters. The summed E-state index contributed by atoms with van der Waals surface area (Å²) in [4.78, 5) is 15.8. The Morgan fingerprint density at radius 2 is 2.00 bits per heavy atom. The topological polar surface area (TPSA) is 68.0 Å². The minimum atomic E-state index is 0.0659. The predicted molar refractivity (Wildman–Crippen MR) is 77.6 cm³/mol. The van der Waals surface area contributed by atoms with Crippen LogP contribution in [0.1, 0.15) is 38.7 Å². The molecule has 1 aromatic heterocycles. The van der Waals surface area contributed by atoms with Gasteiger partial charge in [-0.2, -0.15) is 0 Å². The van der Waals surface area contributed by atoms with E-state index in [4.69, 9.17) is 5.73 Å². The smallest absolute Gasteiger partial charge is 0.222 e. The zero-order valence-corrected chi connectivity index (χ0v) is 11.9. The van der Waals surface area contributed by atoms with E-state index in [0.29, 0.717) is 6.54 Å². The Kier molecular flexibility index (Phi) is 7.11. The third kappa shape index (κ3) is 6.91. The SMILES string of the molecule is CC(N)CCCC(C)C(=O)NCCc1ccncc1. The first kappa shape index (κ1) is 15.6. The molecule has 106 valence electrons. The Hall–Kier alpha value is -1.42. The van der Waals surface area contributed by atoms with Crippen LogP contribution in [0.15, 0.2) is 24.5 Å². The summed E-state index contributed by atoms with van der Waals surface area (Å²) in [6.45, 7) is 4.66. The lowest BCUT2D eigenvalue weighted by Gasteiger charge is -2.12. The molecule has 0 aliphatic heterocycles. The molecule has 1 rings (SSSR count). The fourth-order valence-electron chi connectivity index (χ4n) is 1.93. The number of carbonyl (C=O) groups excluding carboxylic acids is 1. The van der Waals surface area contributed by atoms with Crippen LogP contribution >= 0.6 is 0 Å². The van der Waals surface area contributed by atoms with Crippen molar-refractivity contribution in [3.63, 3.8) is 0 Å². The fourth-order valence-corrected chi connectivity index (χ4v) is 1.93. The monoisotopic (exact) mass is 263 g/mol. The summed E-state index contributed by atoms with van der Waals surface area (Å²) >= 11 is 0. The zero-order valence-electron chi connectivity index (χ0n) is 11.9. The van der Waals surface area contributed by atoms with Gasteiger partial charge >= 0.3 is 0 Å². The number of amides is 1. The van der Waals surface area contributed by atoms with Crippen molar-refractivity contribution >= 4 is 5.91 Å². The number of nitrogens with one attached hydrogen (secondary N) is 1. The van der Waals surface area contributed by atoms with E-state index in [9.17, 15) is 4.79 Å². The molecule has 0 fully saturated rings. The predicted octanol–water partition coefficient (Wildman–Crippen LogP) is 1.89. The van der Waals surface area contributed by atoms with E-state index >= 15 is 0 Å². The lowest BCUT2D eigenvalue weighted by Crippen LogP contribution is -2.31. The van der Waals surface area contributed by atoms with E-state index < -0.39 is 0 Å². The summed E-state index contributed by atoms with van der Waals surface area (Å²) in [5.41, 5.74) is 6.89. The van der Waals surface area contributed by atoms with Gasteiger partial charge in [0.05, 0.1) is 0 Å². The van der Waals surface area contributed by atoms with Crippen LogP contribution in [0.4, 0.5) is 0 Å². The third-order valence-electron chi connectivity index (χ3n) is 3.21. The van der Waals surface area contributed by atoms with Crippen molar-refractivity contribution in [2.45, 2.75) is 45.6 Å². The van der Waals surface area contributed by atoms with E-state index in [1.165, 1.54) is 5.56 Å². The summed E-state index contributed by atoms with van der Waals surface area (Å²) < 4.78 is 0. The van der Waals surface area contributed by atoms with Gasteiger partial charge in [-0.25, -0.2) is 0 Å². The zero-order chi connectivity index (χ0) is 14.1. The highest BCUT2D eigenvalue weighted by Crippen LogP contribution is 2.09. The van der Waals surface area contributed by atoms with E-state index in [0.717, 1.165) is 25.7 Å².